The normalized spacial score (nSPS) is 24.4. The molecule has 3 aliphatic rings. The maximum Gasteiger partial charge on any atom is 0.276 e. The number of morpholine rings is 1. The SMILES string of the molecule is Cc1nc(C(=O)N2CC(CC(=O)N3CC(N(C)C)C3)OCC23CCC3)c(C)o1. The van der Waals surface area contributed by atoms with Crippen LogP contribution >= 0.6 is 0 Å². The van der Waals surface area contributed by atoms with Crippen molar-refractivity contribution >= 4 is 11.8 Å². The highest BCUT2D eigenvalue weighted by molar-refractivity contribution is 5.94. The van der Waals surface area contributed by atoms with Crippen LogP contribution in [0.1, 0.15) is 47.8 Å². The van der Waals surface area contributed by atoms with Crippen LogP contribution in [0.5, 0.6) is 0 Å². The third-order valence-electron chi connectivity index (χ3n) is 6.53. The summed E-state index contributed by atoms with van der Waals surface area (Å²) in [6.45, 7) is 5.98. The Balaban J connectivity index is 1.43. The molecule has 1 aromatic heterocycles. The number of rotatable bonds is 4. The topological polar surface area (TPSA) is 79.1 Å². The molecule has 8 nitrogen and oxygen atoms in total. The first-order valence-electron chi connectivity index (χ1n) is 10.1. The van der Waals surface area contributed by atoms with Crippen LogP contribution in [0.2, 0.25) is 0 Å². The molecule has 3 heterocycles. The summed E-state index contributed by atoms with van der Waals surface area (Å²) in [7, 11) is 4.07. The van der Waals surface area contributed by atoms with Gasteiger partial charge in [0.15, 0.2) is 11.6 Å². The van der Waals surface area contributed by atoms with Crippen molar-refractivity contribution in [3.63, 3.8) is 0 Å². The Hall–Kier alpha value is -1.93. The summed E-state index contributed by atoms with van der Waals surface area (Å²) < 4.78 is 11.5. The first kappa shape index (κ1) is 19.4. The zero-order chi connectivity index (χ0) is 20.1. The minimum atomic E-state index is -0.269. The number of aromatic nitrogens is 1. The van der Waals surface area contributed by atoms with E-state index in [0.29, 0.717) is 43.0 Å². The van der Waals surface area contributed by atoms with E-state index in [1.165, 1.54) is 0 Å². The third kappa shape index (κ3) is 3.33. The largest absolute Gasteiger partial charge is 0.445 e. The maximum absolute atomic E-state index is 13.2. The van der Waals surface area contributed by atoms with Crippen molar-refractivity contribution in [2.45, 2.75) is 57.2 Å². The van der Waals surface area contributed by atoms with Gasteiger partial charge in [-0.1, -0.05) is 0 Å². The molecule has 1 aromatic rings. The van der Waals surface area contributed by atoms with Gasteiger partial charge in [-0.15, -0.1) is 0 Å². The second-order valence-corrected chi connectivity index (χ2v) is 8.68. The molecule has 8 heteroatoms. The zero-order valence-electron chi connectivity index (χ0n) is 17.2. The minimum absolute atomic E-state index is 0.105. The Bertz CT molecular complexity index is 764. The van der Waals surface area contributed by atoms with E-state index in [1.807, 2.05) is 23.9 Å². The average molecular weight is 390 g/mol. The van der Waals surface area contributed by atoms with E-state index in [4.69, 9.17) is 9.15 Å². The van der Waals surface area contributed by atoms with Gasteiger partial charge in [-0.25, -0.2) is 4.98 Å². The fourth-order valence-corrected chi connectivity index (χ4v) is 4.39. The van der Waals surface area contributed by atoms with Gasteiger partial charge in [-0.2, -0.15) is 0 Å². The van der Waals surface area contributed by atoms with E-state index in [0.717, 1.165) is 32.4 Å². The van der Waals surface area contributed by atoms with Gasteiger partial charge in [0.1, 0.15) is 5.76 Å². The van der Waals surface area contributed by atoms with Crippen LogP contribution in [0.25, 0.3) is 0 Å². The molecular weight excluding hydrogens is 360 g/mol. The smallest absolute Gasteiger partial charge is 0.276 e. The Labute approximate surface area is 165 Å². The van der Waals surface area contributed by atoms with E-state index in [-0.39, 0.29) is 23.5 Å². The van der Waals surface area contributed by atoms with Crippen molar-refractivity contribution in [1.29, 1.82) is 0 Å². The number of oxazole rings is 1. The van der Waals surface area contributed by atoms with Gasteiger partial charge >= 0.3 is 0 Å². The summed E-state index contributed by atoms with van der Waals surface area (Å²) in [5.41, 5.74) is 0.134. The number of amides is 2. The number of nitrogens with zero attached hydrogens (tertiary/aromatic N) is 4. The molecule has 1 spiro atoms. The first-order valence-corrected chi connectivity index (χ1v) is 10.1. The molecule has 0 bridgehead atoms. The summed E-state index contributed by atoms with van der Waals surface area (Å²) in [6, 6.07) is 0.436. The summed E-state index contributed by atoms with van der Waals surface area (Å²) in [5.74, 6) is 1.04. The van der Waals surface area contributed by atoms with Gasteiger partial charge in [0.2, 0.25) is 5.91 Å². The lowest BCUT2D eigenvalue weighted by Crippen LogP contribution is -2.65. The standard InChI is InChI=1S/C20H30N4O4/c1-13-18(21-14(2)28-13)19(26)24-11-16(27-12-20(24)6-5-7-20)8-17(25)23-9-15(10-23)22(3)4/h15-16H,5-12H2,1-4H3. The number of carbonyl (C=O) groups excluding carboxylic acids is 2. The molecule has 1 aliphatic carbocycles. The summed E-state index contributed by atoms with van der Waals surface area (Å²) in [5, 5.41) is 0. The van der Waals surface area contributed by atoms with E-state index >= 15 is 0 Å². The lowest BCUT2D eigenvalue weighted by molar-refractivity contribution is -0.152. The van der Waals surface area contributed by atoms with Crippen molar-refractivity contribution in [1.82, 2.24) is 19.7 Å². The molecular formula is C20H30N4O4. The molecule has 1 atom stereocenters. The van der Waals surface area contributed by atoms with Gasteiger partial charge in [0.25, 0.3) is 5.91 Å². The van der Waals surface area contributed by atoms with Gasteiger partial charge < -0.3 is 23.9 Å². The molecule has 1 unspecified atom stereocenters. The highest BCUT2D eigenvalue weighted by atomic mass is 16.5. The summed E-state index contributed by atoms with van der Waals surface area (Å²) in [4.78, 5) is 36.1. The predicted molar refractivity (Wildman–Crippen MR) is 102 cm³/mol. The van der Waals surface area contributed by atoms with Crippen LogP contribution in [0.3, 0.4) is 0 Å². The fourth-order valence-electron chi connectivity index (χ4n) is 4.39. The van der Waals surface area contributed by atoms with E-state index in [9.17, 15) is 9.59 Å². The molecule has 2 amide bonds. The Kier molecular flexibility index (Phi) is 4.95. The molecule has 2 saturated heterocycles. The average Bonchev–Trinajstić information content (AvgIpc) is 2.89. The van der Waals surface area contributed by atoms with Crippen LogP contribution < -0.4 is 0 Å². The molecule has 4 rings (SSSR count). The molecule has 2 aliphatic heterocycles. The Morgan fingerprint density at radius 1 is 1.21 bits per heavy atom. The predicted octanol–water partition coefficient (Wildman–Crippen LogP) is 1.22. The van der Waals surface area contributed by atoms with Crippen LogP contribution in [-0.4, -0.2) is 89.5 Å². The third-order valence-corrected chi connectivity index (χ3v) is 6.53. The molecule has 0 radical (unpaired) electrons. The number of likely N-dealkylation sites (tertiary alicyclic amines) is 1. The van der Waals surface area contributed by atoms with Crippen molar-refractivity contribution in [3.05, 3.63) is 17.3 Å². The second-order valence-electron chi connectivity index (χ2n) is 8.68. The van der Waals surface area contributed by atoms with Crippen LogP contribution in [0, 0.1) is 13.8 Å². The summed E-state index contributed by atoms with van der Waals surface area (Å²) >= 11 is 0. The Morgan fingerprint density at radius 2 is 1.93 bits per heavy atom. The lowest BCUT2D eigenvalue weighted by Gasteiger charge is -2.54. The first-order chi connectivity index (χ1) is 13.3. The highest BCUT2D eigenvalue weighted by Gasteiger charge is 2.50. The zero-order valence-corrected chi connectivity index (χ0v) is 17.2. The molecule has 1 saturated carbocycles. The number of ether oxygens (including phenoxy) is 1. The molecule has 28 heavy (non-hydrogen) atoms. The number of carbonyl (C=O) groups is 2. The van der Waals surface area contributed by atoms with E-state index in [2.05, 4.69) is 9.88 Å². The quantitative estimate of drug-likeness (QED) is 0.769. The van der Waals surface area contributed by atoms with Crippen LogP contribution in [0.4, 0.5) is 0 Å². The van der Waals surface area contributed by atoms with Crippen LogP contribution in [-0.2, 0) is 9.53 Å². The number of hydrogen-bond donors (Lipinski definition) is 0. The van der Waals surface area contributed by atoms with Gasteiger partial charge in [-0.05, 0) is 40.3 Å². The summed E-state index contributed by atoms with van der Waals surface area (Å²) in [6.07, 6.45) is 3.01. The monoisotopic (exact) mass is 390 g/mol. The van der Waals surface area contributed by atoms with Crippen molar-refractivity contribution < 1.29 is 18.7 Å². The number of likely N-dealkylation sites (N-methyl/N-ethyl adjacent to an activating group) is 1. The van der Waals surface area contributed by atoms with Crippen LogP contribution in [0.15, 0.2) is 4.42 Å². The lowest BCUT2D eigenvalue weighted by atomic mass is 9.74. The highest BCUT2D eigenvalue weighted by Crippen LogP contribution is 2.42. The van der Waals surface area contributed by atoms with Crippen molar-refractivity contribution in [3.8, 4) is 0 Å². The van der Waals surface area contributed by atoms with Crippen molar-refractivity contribution in [2.24, 2.45) is 0 Å². The number of aryl methyl sites for hydroxylation is 2. The van der Waals surface area contributed by atoms with E-state index < -0.39 is 0 Å². The van der Waals surface area contributed by atoms with E-state index in [1.54, 1.807) is 13.8 Å². The van der Waals surface area contributed by atoms with Crippen molar-refractivity contribution in [2.75, 3.05) is 40.3 Å². The number of hydrogen-bond acceptors (Lipinski definition) is 6. The second kappa shape index (κ2) is 7.15. The molecule has 3 fully saturated rings. The van der Waals surface area contributed by atoms with Gasteiger partial charge in [0, 0.05) is 32.6 Å². The molecule has 154 valence electrons. The van der Waals surface area contributed by atoms with Gasteiger partial charge in [0.05, 0.1) is 24.7 Å². The molecule has 0 N–H and O–H groups in total. The Morgan fingerprint density at radius 3 is 2.46 bits per heavy atom. The maximum atomic E-state index is 13.2. The van der Waals surface area contributed by atoms with Gasteiger partial charge in [-0.3, -0.25) is 9.59 Å². The minimum Gasteiger partial charge on any atom is -0.445 e. The fraction of sp³-hybridized carbons (Fsp3) is 0.750. The molecule has 0 aromatic carbocycles.